The van der Waals surface area contributed by atoms with Crippen LogP contribution in [0, 0.1) is 0 Å². The molecule has 0 bridgehead atoms. The van der Waals surface area contributed by atoms with E-state index in [-0.39, 0.29) is 16.7 Å². The number of nitrogens with one attached hydrogen (secondary N) is 2. The van der Waals surface area contributed by atoms with Crippen LogP contribution in [0.2, 0.25) is 0 Å². The van der Waals surface area contributed by atoms with E-state index in [1.807, 2.05) is 5.32 Å². The smallest absolute Gasteiger partial charge is 0.417 e. The molecule has 33 heavy (non-hydrogen) atoms. The molecule has 0 unspecified atom stereocenters. The molecule has 1 aliphatic rings. The molecule has 1 aromatic heterocycles. The number of imide groups is 1. The van der Waals surface area contributed by atoms with Gasteiger partial charge in [0.25, 0.3) is 5.91 Å². The lowest BCUT2D eigenvalue weighted by atomic mass is 10.1. The molecule has 0 saturated heterocycles. The molecule has 2 N–H and O–H groups in total. The summed E-state index contributed by atoms with van der Waals surface area (Å²) in [5.74, 6) is 0.124. The summed E-state index contributed by atoms with van der Waals surface area (Å²) >= 11 is 0. The van der Waals surface area contributed by atoms with Crippen molar-refractivity contribution in [1.82, 2.24) is 5.32 Å². The summed E-state index contributed by atoms with van der Waals surface area (Å²) in [5.41, 5.74) is -2.33. The van der Waals surface area contributed by atoms with Crippen molar-refractivity contribution >= 4 is 28.6 Å². The van der Waals surface area contributed by atoms with E-state index in [1.54, 1.807) is 12.1 Å². The minimum absolute atomic E-state index is 0.0348. The van der Waals surface area contributed by atoms with Gasteiger partial charge in [0.15, 0.2) is 18.1 Å². The highest BCUT2D eigenvalue weighted by atomic mass is 19.4. The zero-order chi connectivity index (χ0) is 23.6. The summed E-state index contributed by atoms with van der Waals surface area (Å²) in [6.45, 7) is 0.166. The Bertz CT molecular complexity index is 1290. The summed E-state index contributed by atoms with van der Waals surface area (Å²) < 4.78 is 60.1. The summed E-state index contributed by atoms with van der Waals surface area (Å²) in [6, 6.07) is 7.52. The normalized spacial score (nSPS) is 12.8. The topological polar surface area (TPSA) is 116 Å². The van der Waals surface area contributed by atoms with Gasteiger partial charge in [-0.3, -0.25) is 10.1 Å². The van der Waals surface area contributed by atoms with Crippen molar-refractivity contribution in [3.8, 4) is 17.2 Å². The number of halogens is 3. The minimum Gasteiger partial charge on any atom is -0.486 e. The molecule has 0 aliphatic carbocycles. The van der Waals surface area contributed by atoms with E-state index in [9.17, 15) is 27.6 Å². The highest BCUT2D eigenvalue weighted by molar-refractivity contribution is 6.01. The molecular formula is C21H15F3N2O7. The second kappa shape index (κ2) is 8.73. The first-order valence-corrected chi connectivity index (χ1v) is 9.47. The number of hydrogen-bond donors (Lipinski definition) is 2. The fourth-order valence-corrected chi connectivity index (χ4v) is 3.06. The fourth-order valence-electron chi connectivity index (χ4n) is 3.06. The van der Waals surface area contributed by atoms with E-state index in [1.165, 1.54) is 12.1 Å². The SMILES string of the molecule is O=C(COc1ccc2c(C(F)(F)F)cc(=O)oc2c1)NC(=O)Nc1ccc2c(c1)OCCO2. The average molecular weight is 464 g/mol. The maximum Gasteiger partial charge on any atom is 0.417 e. The van der Waals surface area contributed by atoms with Crippen LogP contribution in [0.5, 0.6) is 17.2 Å². The van der Waals surface area contributed by atoms with Crippen LogP contribution >= 0.6 is 0 Å². The molecule has 0 fully saturated rings. The number of carbonyl (C=O) groups is 2. The zero-order valence-corrected chi connectivity index (χ0v) is 16.7. The number of benzene rings is 2. The van der Waals surface area contributed by atoms with E-state index in [0.29, 0.717) is 36.5 Å². The lowest BCUT2D eigenvalue weighted by Gasteiger charge is -2.19. The number of ether oxygens (including phenoxy) is 3. The van der Waals surface area contributed by atoms with Gasteiger partial charge in [-0.15, -0.1) is 0 Å². The van der Waals surface area contributed by atoms with Crippen molar-refractivity contribution in [3.05, 3.63) is 58.4 Å². The monoisotopic (exact) mass is 464 g/mol. The molecule has 9 nitrogen and oxygen atoms in total. The molecule has 2 heterocycles. The van der Waals surface area contributed by atoms with E-state index in [4.69, 9.17) is 18.6 Å². The maximum atomic E-state index is 13.1. The molecular weight excluding hydrogens is 449 g/mol. The van der Waals surface area contributed by atoms with E-state index in [0.717, 1.165) is 12.1 Å². The van der Waals surface area contributed by atoms with Crippen LogP contribution in [0.4, 0.5) is 23.7 Å². The Morgan fingerprint density at radius 2 is 1.76 bits per heavy atom. The number of urea groups is 1. The first-order valence-electron chi connectivity index (χ1n) is 9.47. The summed E-state index contributed by atoms with van der Waals surface area (Å²) in [6.07, 6.45) is -4.75. The molecule has 172 valence electrons. The van der Waals surface area contributed by atoms with E-state index in [2.05, 4.69) is 5.32 Å². The molecule has 3 amide bonds. The molecule has 0 radical (unpaired) electrons. The third-order valence-corrected chi connectivity index (χ3v) is 4.44. The van der Waals surface area contributed by atoms with Crippen LogP contribution in [-0.2, 0) is 11.0 Å². The number of fused-ring (bicyclic) bond motifs is 2. The Hall–Kier alpha value is -4.22. The minimum atomic E-state index is -4.75. The first kappa shape index (κ1) is 22.0. The Labute approximate surface area is 183 Å². The largest absolute Gasteiger partial charge is 0.486 e. The van der Waals surface area contributed by atoms with Crippen LogP contribution in [0.15, 0.2) is 51.7 Å². The lowest BCUT2D eigenvalue weighted by Crippen LogP contribution is -2.37. The number of anilines is 1. The molecule has 2 aromatic carbocycles. The Kier molecular flexibility index (Phi) is 5.82. The molecule has 4 rings (SSSR count). The third-order valence-electron chi connectivity index (χ3n) is 4.44. The van der Waals surface area contributed by atoms with Gasteiger partial charge in [0, 0.05) is 29.3 Å². The van der Waals surface area contributed by atoms with Crippen molar-refractivity contribution in [2.24, 2.45) is 0 Å². The quantitative estimate of drug-likeness (QED) is 0.569. The molecule has 1 aliphatic heterocycles. The highest BCUT2D eigenvalue weighted by Crippen LogP contribution is 2.35. The molecule has 0 spiro atoms. The summed E-state index contributed by atoms with van der Waals surface area (Å²) in [7, 11) is 0. The van der Waals surface area contributed by atoms with Gasteiger partial charge < -0.3 is 23.9 Å². The average Bonchev–Trinajstić information content (AvgIpc) is 2.76. The predicted molar refractivity (Wildman–Crippen MR) is 108 cm³/mol. The predicted octanol–water partition coefficient (Wildman–Crippen LogP) is 3.31. The van der Waals surface area contributed by atoms with E-state index >= 15 is 0 Å². The highest BCUT2D eigenvalue weighted by Gasteiger charge is 2.33. The van der Waals surface area contributed by atoms with Crippen molar-refractivity contribution in [3.63, 3.8) is 0 Å². The second-order valence-corrected chi connectivity index (χ2v) is 6.78. The number of carbonyl (C=O) groups excluding carboxylic acids is 2. The number of amides is 3. The molecule has 0 atom stereocenters. The first-order chi connectivity index (χ1) is 15.7. The van der Waals surface area contributed by atoms with Crippen molar-refractivity contribution in [1.29, 1.82) is 0 Å². The van der Waals surface area contributed by atoms with E-state index < -0.39 is 35.9 Å². The maximum absolute atomic E-state index is 13.1. The summed E-state index contributed by atoms with van der Waals surface area (Å²) in [4.78, 5) is 35.5. The Morgan fingerprint density at radius 1 is 1.00 bits per heavy atom. The van der Waals surface area contributed by atoms with Crippen molar-refractivity contribution in [2.45, 2.75) is 6.18 Å². The van der Waals surface area contributed by atoms with Gasteiger partial charge in [-0.05, 0) is 24.3 Å². The van der Waals surface area contributed by atoms with Crippen molar-refractivity contribution < 1.29 is 41.4 Å². The Balaban J connectivity index is 1.36. The number of rotatable bonds is 4. The second-order valence-electron chi connectivity index (χ2n) is 6.78. The van der Waals surface area contributed by atoms with Crippen LogP contribution in [0.3, 0.4) is 0 Å². The van der Waals surface area contributed by atoms with Gasteiger partial charge in [-0.25, -0.2) is 9.59 Å². The van der Waals surface area contributed by atoms with Gasteiger partial charge >= 0.3 is 17.8 Å². The number of alkyl halides is 3. The lowest BCUT2D eigenvalue weighted by molar-refractivity contribution is -0.136. The fraction of sp³-hybridized carbons (Fsp3) is 0.190. The van der Waals surface area contributed by atoms with Gasteiger partial charge in [0.1, 0.15) is 24.5 Å². The van der Waals surface area contributed by atoms with Gasteiger partial charge in [0.05, 0.1) is 5.56 Å². The van der Waals surface area contributed by atoms with Gasteiger partial charge in [-0.2, -0.15) is 13.2 Å². The van der Waals surface area contributed by atoms with Crippen molar-refractivity contribution in [2.75, 3.05) is 25.1 Å². The standard InChI is InChI=1S/C21H15F3N2O7/c22-21(23,24)14-9-19(28)33-16-8-12(2-3-13(14)16)32-10-18(27)26-20(29)25-11-1-4-15-17(7-11)31-6-5-30-15/h1-4,7-9H,5-6,10H2,(H2,25,26,27,29). The van der Waals surface area contributed by atoms with Crippen LogP contribution in [0.1, 0.15) is 5.56 Å². The molecule has 12 heteroatoms. The molecule has 0 saturated carbocycles. The van der Waals surface area contributed by atoms with Crippen LogP contribution in [-0.4, -0.2) is 31.8 Å². The molecule has 3 aromatic rings. The van der Waals surface area contributed by atoms with Gasteiger partial charge in [-0.1, -0.05) is 0 Å². The third kappa shape index (κ3) is 5.17. The Morgan fingerprint density at radius 3 is 2.52 bits per heavy atom. The van der Waals surface area contributed by atoms with Gasteiger partial charge in [0.2, 0.25) is 0 Å². The van der Waals surface area contributed by atoms with Crippen LogP contribution in [0.25, 0.3) is 11.0 Å². The number of hydrogen-bond acceptors (Lipinski definition) is 7. The zero-order valence-electron chi connectivity index (χ0n) is 16.7. The van der Waals surface area contributed by atoms with Crippen LogP contribution < -0.4 is 30.5 Å². The summed E-state index contributed by atoms with van der Waals surface area (Å²) in [5, 5.41) is 4.16.